The van der Waals surface area contributed by atoms with Crippen LogP contribution in [0.1, 0.15) is 18.6 Å². The van der Waals surface area contributed by atoms with Gasteiger partial charge in [-0.25, -0.2) is 28.1 Å². The number of nitrogens with zero attached hydrogens (tertiary/aromatic N) is 4. The van der Waals surface area contributed by atoms with Crippen molar-refractivity contribution in [1.82, 2.24) is 24.8 Å². The van der Waals surface area contributed by atoms with E-state index in [9.17, 15) is 18.0 Å². The number of benzene rings is 1. The molecule has 1 N–H and O–H groups in total. The molecule has 4 aromatic rings. The van der Waals surface area contributed by atoms with E-state index in [1.54, 1.807) is 30.5 Å². The van der Waals surface area contributed by atoms with E-state index < -0.39 is 27.9 Å². The number of pyridine rings is 2. The lowest BCUT2D eigenvalue weighted by molar-refractivity contribution is -0.129. The van der Waals surface area contributed by atoms with Crippen molar-refractivity contribution in [1.29, 1.82) is 0 Å². The molecule has 11 nitrogen and oxygen atoms in total. The maximum absolute atomic E-state index is 12.7. The van der Waals surface area contributed by atoms with Crippen LogP contribution in [-0.4, -0.2) is 58.1 Å². The Morgan fingerprint density at radius 3 is 2.60 bits per heavy atom. The second kappa shape index (κ2) is 8.47. The normalized spacial score (nSPS) is 16.1. The minimum absolute atomic E-state index is 0.0724. The minimum atomic E-state index is -3.48. The summed E-state index contributed by atoms with van der Waals surface area (Å²) in [5, 5.41) is -0.0724. The molecule has 1 aliphatic heterocycles. The molecule has 1 aliphatic rings. The van der Waals surface area contributed by atoms with Crippen LogP contribution in [-0.2, 0) is 19.4 Å². The number of aromatic amines is 1. The second-order valence-electron chi connectivity index (χ2n) is 7.71. The minimum Gasteiger partial charge on any atom is -0.455 e. The number of ether oxygens (including phenoxy) is 2. The standard InChI is InChI=1S/C23H19N5O6S/c1-3-35(31,32)19-8-7-13(12-25-19)33-18-11-17-16(26-21(27-17)15-6-4-5-9-24-15)10-14(18)20-22(29)28(2)23(30)34-20/h4-12,20H,3H2,1-2H3,(H,26,27). The molecule has 1 fully saturated rings. The van der Waals surface area contributed by atoms with Gasteiger partial charge in [0.25, 0.3) is 5.91 Å². The number of fused-ring (bicyclic) bond motifs is 1. The number of H-pyrrole nitrogens is 1. The van der Waals surface area contributed by atoms with Crippen molar-refractivity contribution in [3.63, 3.8) is 0 Å². The number of cyclic esters (lactones) is 1. The highest BCUT2D eigenvalue weighted by Gasteiger charge is 2.41. The molecule has 0 radical (unpaired) electrons. The first-order chi connectivity index (χ1) is 16.8. The molecule has 0 spiro atoms. The highest BCUT2D eigenvalue weighted by atomic mass is 32.2. The molecule has 5 rings (SSSR count). The lowest BCUT2D eigenvalue weighted by Gasteiger charge is -2.14. The largest absolute Gasteiger partial charge is 0.455 e. The second-order valence-corrected chi connectivity index (χ2v) is 9.93. The number of aromatic nitrogens is 4. The fourth-order valence-electron chi connectivity index (χ4n) is 3.55. The number of carbonyl (C=O) groups is 2. The van der Waals surface area contributed by atoms with E-state index in [1.165, 1.54) is 32.3 Å². The van der Waals surface area contributed by atoms with E-state index in [-0.39, 0.29) is 22.3 Å². The van der Waals surface area contributed by atoms with Crippen molar-refractivity contribution in [2.75, 3.05) is 12.8 Å². The summed E-state index contributed by atoms with van der Waals surface area (Å²) in [6.45, 7) is 1.53. The van der Waals surface area contributed by atoms with Crippen LogP contribution in [0.3, 0.4) is 0 Å². The SMILES string of the molecule is CCS(=O)(=O)c1ccc(Oc2cc3nc(-c4ccccn4)[nH]c3cc2C2OC(=O)N(C)C2=O)cn1. The van der Waals surface area contributed by atoms with Crippen LogP contribution in [0, 0.1) is 0 Å². The monoisotopic (exact) mass is 493 g/mol. The molecular formula is C23H19N5O6S. The van der Waals surface area contributed by atoms with Crippen LogP contribution in [0.15, 0.2) is 59.9 Å². The summed E-state index contributed by atoms with van der Waals surface area (Å²) in [7, 11) is -2.15. The topological polar surface area (TPSA) is 144 Å². The van der Waals surface area contributed by atoms with Gasteiger partial charge in [-0.05, 0) is 30.3 Å². The molecule has 35 heavy (non-hydrogen) atoms. The van der Waals surface area contributed by atoms with Crippen LogP contribution in [0.25, 0.3) is 22.6 Å². The van der Waals surface area contributed by atoms with Crippen LogP contribution < -0.4 is 4.74 Å². The highest BCUT2D eigenvalue weighted by Crippen LogP contribution is 2.38. The molecule has 12 heteroatoms. The Balaban J connectivity index is 1.59. The van der Waals surface area contributed by atoms with Crippen LogP contribution in [0.5, 0.6) is 11.5 Å². The lowest BCUT2D eigenvalue weighted by Crippen LogP contribution is -2.24. The zero-order valence-electron chi connectivity index (χ0n) is 18.6. The predicted molar refractivity (Wildman–Crippen MR) is 123 cm³/mol. The van der Waals surface area contributed by atoms with Crippen molar-refractivity contribution >= 4 is 32.9 Å². The van der Waals surface area contributed by atoms with Gasteiger partial charge in [-0.3, -0.25) is 9.78 Å². The molecular weight excluding hydrogens is 474 g/mol. The van der Waals surface area contributed by atoms with Crippen molar-refractivity contribution in [2.24, 2.45) is 0 Å². The fraction of sp³-hybridized carbons (Fsp3) is 0.174. The number of nitrogens with one attached hydrogen (secondary N) is 1. The summed E-state index contributed by atoms with van der Waals surface area (Å²) in [6.07, 6.45) is 0.918. The summed E-state index contributed by atoms with van der Waals surface area (Å²) in [6, 6.07) is 11.4. The number of hydrogen-bond donors (Lipinski definition) is 1. The molecule has 0 bridgehead atoms. The Labute approximate surface area is 199 Å². The molecule has 1 unspecified atom stereocenters. The number of sulfone groups is 1. The lowest BCUT2D eigenvalue weighted by atomic mass is 10.1. The van der Waals surface area contributed by atoms with Gasteiger partial charge in [0, 0.05) is 24.9 Å². The van der Waals surface area contributed by atoms with Gasteiger partial charge in [0.15, 0.2) is 20.7 Å². The number of imidazole rings is 1. The molecule has 3 aromatic heterocycles. The van der Waals surface area contributed by atoms with Gasteiger partial charge in [-0.2, -0.15) is 0 Å². The third kappa shape index (κ3) is 4.08. The number of hydrogen-bond acceptors (Lipinski definition) is 9. The van der Waals surface area contributed by atoms with E-state index in [0.717, 1.165) is 4.90 Å². The van der Waals surface area contributed by atoms with Gasteiger partial charge < -0.3 is 14.5 Å². The Hall–Kier alpha value is -4.32. The van der Waals surface area contributed by atoms with Crippen molar-refractivity contribution in [2.45, 2.75) is 18.1 Å². The van der Waals surface area contributed by atoms with Gasteiger partial charge in [-0.1, -0.05) is 13.0 Å². The molecule has 2 amide bonds. The summed E-state index contributed by atoms with van der Waals surface area (Å²) >= 11 is 0. The quantitative estimate of drug-likeness (QED) is 0.428. The third-order valence-electron chi connectivity index (χ3n) is 5.49. The molecule has 1 aromatic carbocycles. The predicted octanol–water partition coefficient (Wildman–Crippen LogP) is 3.26. The van der Waals surface area contributed by atoms with Crippen molar-refractivity contribution < 1.29 is 27.5 Å². The fourth-order valence-corrected chi connectivity index (χ4v) is 4.33. The van der Waals surface area contributed by atoms with E-state index in [1.807, 2.05) is 6.07 Å². The van der Waals surface area contributed by atoms with Crippen molar-refractivity contribution in [3.8, 4) is 23.0 Å². The summed E-state index contributed by atoms with van der Waals surface area (Å²) in [4.78, 5) is 41.6. The van der Waals surface area contributed by atoms with E-state index in [0.29, 0.717) is 28.1 Å². The molecule has 0 saturated carbocycles. The Morgan fingerprint density at radius 2 is 1.97 bits per heavy atom. The van der Waals surface area contributed by atoms with E-state index >= 15 is 0 Å². The van der Waals surface area contributed by atoms with E-state index in [2.05, 4.69) is 19.9 Å². The number of likely N-dealkylation sites (N-methyl/N-ethyl adjacent to an activating group) is 1. The Morgan fingerprint density at radius 1 is 1.14 bits per heavy atom. The first-order valence-corrected chi connectivity index (χ1v) is 12.2. The summed E-state index contributed by atoms with van der Waals surface area (Å²) in [5.41, 5.74) is 2.01. The van der Waals surface area contributed by atoms with Crippen molar-refractivity contribution in [3.05, 3.63) is 60.4 Å². The zero-order chi connectivity index (χ0) is 24.7. The molecule has 178 valence electrons. The average molecular weight is 494 g/mol. The van der Waals surface area contributed by atoms with Gasteiger partial charge >= 0.3 is 6.09 Å². The van der Waals surface area contributed by atoms with Gasteiger partial charge in [0.2, 0.25) is 6.10 Å². The van der Waals surface area contributed by atoms with Gasteiger partial charge in [0.05, 0.1) is 23.0 Å². The highest BCUT2D eigenvalue weighted by molar-refractivity contribution is 7.91. The first-order valence-electron chi connectivity index (χ1n) is 10.6. The number of imide groups is 1. The Kier molecular flexibility index (Phi) is 5.44. The smallest absolute Gasteiger partial charge is 0.417 e. The third-order valence-corrected chi connectivity index (χ3v) is 7.13. The van der Waals surface area contributed by atoms with E-state index in [4.69, 9.17) is 9.47 Å². The van der Waals surface area contributed by atoms with Gasteiger partial charge in [-0.15, -0.1) is 0 Å². The molecule has 0 aliphatic carbocycles. The number of amides is 2. The number of rotatable bonds is 6. The maximum atomic E-state index is 12.7. The molecule has 1 atom stereocenters. The van der Waals surface area contributed by atoms with Crippen LogP contribution >= 0.6 is 0 Å². The maximum Gasteiger partial charge on any atom is 0.417 e. The van der Waals surface area contributed by atoms with Crippen LogP contribution in [0.2, 0.25) is 0 Å². The number of carbonyl (C=O) groups excluding carboxylic acids is 2. The zero-order valence-corrected chi connectivity index (χ0v) is 19.4. The van der Waals surface area contributed by atoms with Crippen LogP contribution in [0.4, 0.5) is 4.79 Å². The Bertz CT molecular complexity index is 1550. The average Bonchev–Trinajstić information content (AvgIpc) is 3.40. The summed E-state index contributed by atoms with van der Waals surface area (Å²) < 4.78 is 35.4. The molecule has 4 heterocycles. The van der Waals surface area contributed by atoms with Gasteiger partial charge in [0.1, 0.15) is 17.2 Å². The first kappa shape index (κ1) is 22.5. The summed E-state index contributed by atoms with van der Waals surface area (Å²) in [5.74, 6) is 0.302. The molecule has 1 saturated heterocycles.